The molecule has 2 aliphatic rings. The van der Waals surface area contributed by atoms with Gasteiger partial charge in [0.05, 0.1) is 22.3 Å². The summed E-state index contributed by atoms with van der Waals surface area (Å²) in [6.45, 7) is 0.858. The summed E-state index contributed by atoms with van der Waals surface area (Å²) in [7, 11) is 1.70. The molecule has 1 aromatic carbocycles. The van der Waals surface area contributed by atoms with Gasteiger partial charge in [-0.3, -0.25) is 4.99 Å². The molecule has 0 spiro atoms. The monoisotopic (exact) mass is 444 g/mol. The molecule has 168 valence electrons. The lowest BCUT2D eigenvalue weighted by Crippen LogP contribution is -2.27. The van der Waals surface area contributed by atoms with E-state index in [1.165, 1.54) is 12.6 Å². The largest absolute Gasteiger partial charge is 0.485 e. The highest BCUT2D eigenvalue weighted by atomic mass is 16.6. The molecule has 10 nitrogen and oxygen atoms in total. The van der Waals surface area contributed by atoms with Crippen molar-refractivity contribution in [3.8, 4) is 17.6 Å². The second-order valence-corrected chi connectivity index (χ2v) is 7.81. The number of anilines is 3. The van der Waals surface area contributed by atoms with Crippen molar-refractivity contribution in [2.75, 3.05) is 30.9 Å². The van der Waals surface area contributed by atoms with E-state index in [9.17, 15) is 5.26 Å². The number of allylic oxidation sites excluding steroid dienone is 1. The van der Waals surface area contributed by atoms with E-state index in [4.69, 9.17) is 20.2 Å². The predicted octanol–water partition coefficient (Wildman–Crippen LogP) is 3.20. The number of benzene rings is 1. The van der Waals surface area contributed by atoms with Crippen LogP contribution in [0, 0.1) is 11.3 Å². The van der Waals surface area contributed by atoms with Gasteiger partial charge in [-0.2, -0.15) is 15.2 Å². The molecule has 2 aromatic heterocycles. The highest BCUT2D eigenvalue weighted by Gasteiger charge is 2.24. The Balaban J connectivity index is 1.55. The maximum absolute atomic E-state index is 9.50. The van der Waals surface area contributed by atoms with Gasteiger partial charge < -0.3 is 30.8 Å². The van der Waals surface area contributed by atoms with E-state index in [-0.39, 0.29) is 0 Å². The second-order valence-electron chi connectivity index (χ2n) is 7.81. The molecule has 33 heavy (non-hydrogen) atoms. The standard InChI is InChI=1S/C23H24N8O2/c1-26-16(7-8-24)15-5-6-17(20-19(15)32-9-10-33-20)29-23-30-21-18(13(11-25)12-27-21)22(31-23)28-14-3-2-4-14/h5-8,12,14H,2-4,9-10,24H2,1H3,(H3,27,28,29,30,31). The maximum Gasteiger partial charge on any atom is 0.231 e. The van der Waals surface area contributed by atoms with Crippen molar-refractivity contribution in [1.82, 2.24) is 15.0 Å². The van der Waals surface area contributed by atoms with Crippen LogP contribution in [-0.2, 0) is 0 Å². The van der Waals surface area contributed by atoms with E-state index in [0.717, 1.165) is 18.4 Å². The molecule has 1 fully saturated rings. The zero-order valence-corrected chi connectivity index (χ0v) is 18.2. The van der Waals surface area contributed by atoms with Crippen LogP contribution in [0.1, 0.15) is 30.4 Å². The number of H-pyrrole nitrogens is 1. The summed E-state index contributed by atoms with van der Waals surface area (Å²) in [5.41, 5.74) is 8.81. The number of ether oxygens (including phenoxy) is 2. The Morgan fingerprint density at radius 2 is 2.09 bits per heavy atom. The predicted molar refractivity (Wildman–Crippen MR) is 126 cm³/mol. The molecule has 0 amide bonds. The Morgan fingerprint density at radius 1 is 1.27 bits per heavy atom. The van der Waals surface area contributed by atoms with Crippen LogP contribution in [0.3, 0.4) is 0 Å². The number of rotatable bonds is 6. The molecule has 0 bridgehead atoms. The minimum absolute atomic E-state index is 0.350. The van der Waals surface area contributed by atoms with Crippen LogP contribution in [0.5, 0.6) is 11.5 Å². The van der Waals surface area contributed by atoms with Crippen molar-refractivity contribution in [2.45, 2.75) is 25.3 Å². The van der Waals surface area contributed by atoms with Gasteiger partial charge in [-0.05, 0) is 43.7 Å². The molecule has 3 aromatic rings. The molecule has 1 saturated carbocycles. The molecule has 3 heterocycles. The van der Waals surface area contributed by atoms with E-state index in [1.807, 2.05) is 12.1 Å². The third-order valence-electron chi connectivity index (χ3n) is 5.80. The topological polar surface area (TPSA) is 146 Å². The van der Waals surface area contributed by atoms with E-state index < -0.39 is 0 Å². The number of aromatic nitrogens is 3. The molecular formula is C23H24N8O2. The number of hydrogen-bond acceptors (Lipinski definition) is 9. The molecule has 0 radical (unpaired) electrons. The normalized spacial score (nSPS) is 15.9. The maximum atomic E-state index is 9.50. The average molecular weight is 444 g/mol. The number of nitriles is 1. The Labute approximate surface area is 190 Å². The first-order valence-corrected chi connectivity index (χ1v) is 10.8. The quantitative estimate of drug-likeness (QED) is 0.424. The SMILES string of the molecule is CN=C(C=CN)c1ccc(Nc2nc(NC3CCC3)c3c(C#N)c[nH]c3n2)c2c1OCCO2. The molecule has 1 aliphatic heterocycles. The minimum atomic E-state index is 0.350. The zero-order valence-electron chi connectivity index (χ0n) is 18.2. The van der Waals surface area contributed by atoms with Crippen LogP contribution in [0.2, 0.25) is 0 Å². The first-order chi connectivity index (χ1) is 16.2. The summed E-state index contributed by atoms with van der Waals surface area (Å²) in [6.07, 6.45) is 8.16. The first-order valence-electron chi connectivity index (χ1n) is 10.8. The van der Waals surface area contributed by atoms with Crippen molar-refractivity contribution in [3.05, 3.63) is 41.7 Å². The van der Waals surface area contributed by atoms with Crippen LogP contribution in [0.15, 0.2) is 35.6 Å². The average Bonchev–Trinajstić information content (AvgIpc) is 3.23. The summed E-state index contributed by atoms with van der Waals surface area (Å²) in [5, 5.41) is 16.9. The smallest absolute Gasteiger partial charge is 0.231 e. The van der Waals surface area contributed by atoms with Crippen molar-refractivity contribution < 1.29 is 9.47 Å². The number of nitrogens with two attached hydrogens (primary N) is 1. The third kappa shape index (κ3) is 3.78. The van der Waals surface area contributed by atoms with Crippen molar-refractivity contribution in [3.63, 3.8) is 0 Å². The molecule has 5 N–H and O–H groups in total. The van der Waals surface area contributed by atoms with E-state index in [2.05, 4.69) is 31.7 Å². The van der Waals surface area contributed by atoms with Gasteiger partial charge >= 0.3 is 0 Å². The number of aliphatic imine (C=N–C) groups is 1. The Hall–Kier alpha value is -4.26. The number of nitrogens with zero attached hydrogens (tertiary/aromatic N) is 4. The zero-order chi connectivity index (χ0) is 22.8. The van der Waals surface area contributed by atoms with Crippen LogP contribution >= 0.6 is 0 Å². The van der Waals surface area contributed by atoms with Crippen LogP contribution in [0.4, 0.5) is 17.5 Å². The van der Waals surface area contributed by atoms with Crippen LogP contribution in [0.25, 0.3) is 11.0 Å². The fourth-order valence-electron chi connectivity index (χ4n) is 3.96. The van der Waals surface area contributed by atoms with Gasteiger partial charge in [0.1, 0.15) is 30.7 Å². The van der Waals surface area contributed by atoms with Crippen molar-refractivity contribution >= 4 is 34.2 Å². The van der Waals surface area contributed by atoms with Gasteiger partial charge in [0.2, 0.25) is 5.95 Å². The van der Waals surface area contributed by atoms with Gasteiger partial charge in [-0.1, -0.05) is 0 Å². The van der Waals surface area contributed by atoms with Gasteiger partial charge in [0.15, 0.2) is 11.5 Å². The van der Waals surface area contributed by atoms with Crippen LogP contribution < -0.4 is 25.8 Å². The highest BCUT2D eigenvalue weighted by molar-refractivity contribution is 6.11. The first kappa shape index (κ1) is 20.6. The Bertz CT molecular complexity index is 1300. The lowest BCUT2D eigenvalue weighted by atomic mass is 9.93. The van der Waals surface area contributed by atoms with Crippen molar-refractivity contribution in [1.29, 1.82) is 5.26 Å². The van der Waals surface area contributed by atoms with E-state index in [0.29, 0.717) is 70.5 Å². The van der Waals surface area contributed by atoms with Gasteiger partial charge in [0.25, 0.3) is 0 Å². The molecule has 0 unspecified atom stereocenters. The van der Waals surface area contributed by atoms with Gasteiger partial charge in [-0.15, -0.1) is 0 Å². The fourth-order valence-corrected chi connectivity index (χ4v) is 3.96. The van der Waals surface area contributed by atoms with Gasteiger partial charge in [0, 0.05) is 24.8 Å². The number of aromatic amines is 1. The summed E-state index contributed by atoms with van der Waals surface area (Å²) in [6, 6.07) is 6.33. The van der Waals surface area contributed by atoms with Crippen molar-refractivity contribution in [2.24, 2.45) is 10.7 Å². The fraction of sp³-hybridized carbons (Fsp3) is 0.304. The lowest BCUT2D eigenvalue weighted by Gasteiger charge is -2.27. The number of nitrogens with one attached hydrogen (secondary N) is 3. The highest BCUT2D eigenvalue weighted by Crippen LogP contribution is 2.42. The summed E-state index contributed by atoms with van der Waals surface area (Å²) < 4.78 is 11.9. The second kappa shape index (κ2) is 8.70. The Kier molecular flexibility index (Phi) is 5.44. The van der Waals surface area contributed by atoms with Crippen LogP contribution in [-0.4, -0.2) is 47.0 Å². The molecule has 10 heteroatoms. The Morgan fingerprint density at radius 3 is 2.79 bits per heavy atom. The molecule has 0 atom stereocenters. The minimum Gasteiger partial charge on any atom is -0.485 e. The summed E-state index contributed by atoms with van der Waals surface area (Å²) in [5.74, 6) is 2.17. The molecule has 0 saturated heterocycles. The lowest BCUT2D eigenvalue weighted by molar-refractivity contribution is 0.172. The summed E-state index contributed by atoms with van der Waals surface area (Å²) in [4.78, 5) is 16.7. The summed E-state index contributed by atoms with van der Waals surface area (Å²) >= 11 is 0. The third-order valence-corrected chi connectivity index (χ3v) is 5.80. The van der Waals surface area contributed by atoms with Gasteiger partial charge in [-0.25, -0.2) is 0 Å². The molecule has 1 aliphatic carbocycles. The molecule has 5 rings (SSSR count). The molecular weight excluding hydrogens is 420 g/mol. The van der Waals surface area contributed by atoms with E-state index >= 15 is 0 Å². The number of hydrogen-bond donors (Lipinski definition) is 4. The number of fused-ring (bicyclic) bond motifs is 2. The van der Waals surface area contributed by atoms with E-state index in [1.54, 1.807) is 19.3 Å².